The molecule has 0 atom stereocenters. The van der Waals surface area contributed by atoms with Crippen molar-refractivity contribution in [3.8, 4) is 23.0 Å². The number of methoxy groups -OCH3 is 1. The van der Waals surface area contributed by atoms with E-state index in [-0.39, 0.29) is 11.7 Å². The molecule has 10 nitrogen and oxygen atoms in total. The van der Waals surface area contributed by atoms with Gasteiger partial charge in [0.1, 0.15) is 29.3 Å². The summed E-state index contributed by atoms with van der Waals surface area (Å²) in [4.78, 5) is 44.4. The van der Waals surface area contributed by atoms with Crippen LogP contribution in [0.5, 0.6) is 23.0 Å². The lowest BCUT2D eigenvalue weighted by molar-refractivity contribution is -0.138. The maximum atomic E-state index is 12.3. The molecule has 0 saturated carbocycles. The predicted molar refractivity (Wildman–Crippen MR) is 191 cm³/mol. The molecule has 0 amide bonds. The summed E-state index contributed by atoms with van der Waals surface area (Å²) in [7, 11) is 1.53. The van der Waals surface area contributed by atoms with Crippen LogP contribution in [0.4, 0.5) is 0 Å². The van der Waals surface area contributed by atoms with Gasteiger partial charge in [0, 0.05) is 23.8 Å². The van der Waals surface area contributed by atoms with Crippen molar-refractivity contribution < 1.29 is 47.6 Å². The Morgan fingerprint density at radius 3 is 1.54 bits per heavy atom. The average Bonchev–Trinajstić information content (AvgIpc) is 3.14. The predicted octanol–water partition coefficient (Wildman–Crippen LogP) is 8.40. The molecule has 0 heterocycles. The second-order valence-electron chi connectivity index (χ2n) is 10.7. The minimum absolute atomic E-state index is 0.266. The van der Waals surface area contributed by atoms with Crippen LogP contribution in [0.25, 0.3) is 0 Å². The van der Waals surface area contributed by atoms with Crippen LogP contribution in [0.3, 0.4) is 0 Å². The van der Waals surface area contributed by atoms with Crippen LogP contribution in [-0.4, -0.2) is 57.7 Å². The first kappa shape index (κ1) is 41.1. The number of carbonyl (C=O) groups is 4. The van der Waals surface area contributed by atoms with Crippen LogP contribution in [0, 0.1) is 0 Å². The highest BCUT2D eigenvalue weighted by atomic mass is 35.5. The largest absolute Gasteiger partial charge is 0.497 e. The average molecular weight is 709 g/mol. The molecule has 3 aromatic carbocycles. The van der Waals surface area contributed by atoms with Gasteiger partial charge in [-0.1, -0.05) is 24.8 Å². The Hall–Kier alpha value is -5.09. The van der Waals surface area contributed by atoms with Gasteiger partial charge in [-0.25, -0.2) is 14.4 Å². The molecule has 50 heavy (non-hydrogen) atoms. The summed E-state index contributed by atoms with van der Waals surface area (Å²) in [5.74, 6) is 1.03. The number of carbonyl (C=O) groups excluding carboxylic acids is 4. The van der Waals surface area contributed by atoms with Crippen LogP contribution in [-0.2, 0) is 19.1 Å². The fourth-order valence-electron chi connectivity index (χ4n) is 4.14. The van der Waals surface area contributed by atoms with Crippen molar-refractivity contribution in [1.82, 2.24) is 0 Å². The molecule has 0 unspecified atom stereocenters. The Balaban J connectivity index is 0.000000377. The highest BCUT2D eigenvalue weighted by Crippen LogP contribution is 2.29. The summed E-state index contributed by atoms with van der Waals surface area (Å²) < 4.78 is 31.4. The third-order valence-electron chi connectivity index (χ3n) is 6.88. The zero-order valence-electron chi connectivity index (χ0n) is 28.4. The lowest BCUT2D eigenvalue weighted by Crippen LogP contribution is -2.09. The molecule has 0 aromatic heterocycles. The van der Waals surface area contributed by atoms with E-state index in [1.165, 1.54) is 13.2 Å². The Bertz CT molecular complexity index is 1490. The Morgan fingerprint density at radius 2 is 1.10 bits per heavy atom. The van der Waals surface area contributed by atoms with Crippen LogP contribution in [0.15, 0.2) is 92.0 Å². The first-order valence-electron chi connectivity index (χ1n) is 16.3. The zero-order valence-corrected chi connectivity index (χ0v) is 29.2. The zero-order chi connectivity index (χ0) is 36.4. The third kappa shape index (κ3) is 17.3. The molecular weight excluding hydrogens is 664 g/mol. The van der Waals surface area contributed by atoms with Crippen molar-refractivity contribution in [1.29, 1.82) is 0 Å². The van der Waals surface area contributed by atoms with Gasteiger partial charge in [0.2, 0.25) is 0 Å². The molecule has 0 radical (unpaired) electrons. The number of hydrogen-bond acceptors (Lipinski definition) is 10. The van der Waals surface area contributed by atoms with Crippen LogP contribution < -0.4 is 18.9 Å². The quantitative estimate of drug-likeness (QED) is 0.0330. The first-order chi connectivity index (χ1) is 24.3. The van der Waals surface area contributed by atoms with E-state index in [0.717, 1.165) is 69.5 Å². The van der Waals surface area contributed by atoms with Gasteiger partial charge >= 0.3 is 17.9 Å². The molecule has 0 aliphatic heterocycles. The van der Waals surface area contributed by atoms with Crippen molar-refractivity contribution in [2.45, 2.75) is 51.4 Å². The molecule has 0 N–H and O–H groups in total. The van der Waals surface area contributed by atoms with Crippen molar-refractivity contribution in [2.24, 2.45) is 0 Å². The number of rotatable bonds is 22. The van der Waals surface area contributed by atoms with E-state index in [1.54, 1.807) is 66.7 Å². The summed E-state index contributed by atoms with van der Waals surface area (Å²) in [6, 6.07) is 18.6. The second-order valence-corrected chi connectivity index (χ2v) is 11.1. The van der Waals surface area contributed by atoms with Crippen molar-refractivity contribution >= 4 is 35.8 Å². The van der Waals surface area contributed by atoms with E-state index in [0.29, 0.717) is 54.1 Å². The van der Waals surface area contributed by atoms with Gasteiger partial charge in [0.05, 0.1) is 44.1 Å². The van der Waals surface area contributed by atoms with Crippen molar-refractivity contribution in [2.75, 3.05) is 33.5 Å². The van der Waals surface area contributed by atoms with Gasteiger partial charge in [-0.15, -0.1) is 0 Å². The molecule has 0 saturated heterocycles. The second kappa shape index (κ2) is 25.0. The first-order valence-corrected chi connectivity index (χ1v) is 16.7. The minimum atomic E-state index is -0.509. The number of unbranched alkanes of at least 4 members (excludes halogenated alkanes) is 6. The summed E-state index contributed by atoms with van der Waals surface area (Å²) in [5, 5.41) is 0.293. The van der Waals surface area contributed by atoms with E-state index in [2.05, 4.69) is 13.2 Å². The molecule has 0 aliphatic carbocycles. The molecule has 268 valence electrons. The maximum absolute atomic E-state index is 12.3. The van der Waals surface area contributed by atoms with Crippen LogP contribution >= 0.6 is 11.6 Å². The Kier molecular flexibility index (Phi) is 20.5. The van der Waals surface area contributed by atoms with E-state index >= 15 is 0 Å². The fourth-order valence-corrected chi connectivity index (χ4v) is 4.35. The number of esters is 3. The number of halogens is 1. The Morgan fingerprint density at radius 1 is 0.640 bits per heavy atom. The summed E-state index contributed by atoms with van der Waals surface area (Å²) >= 11 is 6.09. The van der Waals surface area contributed by atoms with E-state index in [4.69, 9.17) is 40.0 Å². The smallest absolute Gasteiger partial charge is 0.343 e. The topological polar surface area (TPSA) is 124 Å². The molecule has 3 aromatic rings. The normalized spacial score (nSPS) is 10.0. The van der Waals surface area contributed by atoms with Gasteiger partial charge in [-0.2, -0.15) is 0 Å². The highest BCUT2D eigenvalue weighted by Gasteiger charge is 2.12. The lowest BCUT2D eigenvalue weighted by Gasteiger charge is -2.09. The van der Waals surface area contributed by atoms with Crippen LogP contribution in [0.2, 0.25) is 5.02 Å². The third-order valence-corrected chi connectivity index (χ3v) is 7.18. The van der Waals surface area contributed by atoms with Gasteiger partial charge < -0.3 is 28.4 Å². The van der Waals surface area contributed by atoms with Gasteiger partial charge in [0.25, 0.3) is 0 Å². The number of ether oxygens (including phenoxy) is 6. The monoisotopic (exact) mass is 708 g/mol. The molecular formula is C39H45ClO10. The summed E-state index contributed by atoms with van der Waals surface area (Å²) in [6.07, 6.45) is 10.6. The minimum Gasteiger partial charge on any atom is -0.497 e. The SMILES string of the molecule is C=CC(=O)OCCCCCCOc1ccc(C(=O)Oc2ccc(OC)cc2Cl)cc1.C=CC(=O)OCCCCCCOc1ccc(C=O)cc1. The van der Waals surface area contributed by atoms with Gasteiger partial charge in [0.15, 0.2) is 0 Å². The molecule has 0 aliphatic rings. The van der Waals surface area contributed by atoms with E-state index < -0.39 is 11.9 Å². The molecule has 0 fully saturated rings. The number of aldehydes is 1. The van der Waals surface area contributed by atoms with Crippen LogP contribution in [0.1, 0.15) is 72.1 Å². The molecule has 0 bridgehead atoms. The van der Waals surface area contributed by atoms with Gasteiger partial charge in [-0.3, -0.25) is 4.79 Å². The van der Waals surface area contributed by atoms with E-state index in [1.807, 2.05) is 0 Å². The highest BCUT2D eigenvalue weighted by molar-refractivity contribution is 6.32. The number of benzene rings is 3. The number of hydrogen-bond donors (Lipinski definition) is 0. The van der Waals surface area contributed by atoms with E-state index in [9.17, 15) is 19.2 Å². The van der Waals surface area contributed by atoms with Crippen molar-refractivity contribution in [3.63, 3.8) is 0 Å². The lowest BCUT2D eigenvalue weighted by atomic mass is 10.2. The van der Waals surface area contributed by atoms with Crippen molar-refractivity contribution in [3.05, 3.63) is 108 Å². The van der Waals surface area contributed by atoms with Gasteiger partial charge in [-0.05, 0) is 112 Å². The molecule has 3 rings (SSSR count). The Labute approximate surface area is 298 Å². The summed E-state index contributed by atoms with van der Waals surface area (Å²) in [6.45, 7) is 8.74. The molecule has 11 heteroatoms. The fraction of sp³-hybridized carbons (Fsp3) is 0.333. The maximum Gasteiger partial charge on any atom is 0.343 e. The standard InChI is InChI=1S/C23H25ClO6.C16H20O4/c1-3-22(25)29-15-7-5-4-6-14-28-18-10-8-17(9-11-18)23(26)30-21-13-12-19(27-2)16-20(21)24;1-2-16(18)20-12-6-4-3-5-11-19-15-9-7-14(13-17)8-10-15/h3,8-13,16H,1,4-7,14-15H2,2H3;2,7-10,13H,1,3-6,11-12H2. The molecule has 0 spiro atoms. The summed E-state index contributed by atoms with van der Waals surface area (Å²) in [5.41, 5.74) is 1.04.